The summed E-state index contributed by atoms with van der Waals surface area (Å²) in [5, 5.41) is 5.24. The lowest BCUT2D eigenvalue weighted by atomic mass is 9.69. The molecule has 1 aromatic heterocycles. The van der Waals surface area contributed by atoms with Crippen molar-refractivity contribution in [3.05, 3.63) is 16.3 Å². The van der Waals surface area contributed by atoms with E-state index >= 15 is 0 Å². The largest absolute Gasteiger partial charge is 0.343 e. The van der Waals surface area contributed by atoms with Gasteiger partial charge in [-0.3, -0.25) is 9.78 Å². The predicted octanol–water partition coefficient (Wildman–Crippen LogP) is 1.51. The Morgan fingerprint density at radius 1 is 1.22 bits per heavy atom. The summed E-state index contributed by atoms with van der Waals surface area (Å²) < 4.78 is 1.64. The molecule has 2 aliphatic carbocycles. The summed E-state index contributed by atoms with van der Waals surface area (Å²) in [4.78, 5) is 29.9. The first kappa shape index (κ1) is 14.1. The van der Waals surface area contributed by atoms with E-state index in [0.717, 1.165) is 68.4 Å². The number of H-pyrrole nitrogens is 1. The number of carbonyl (C=O) groups is 1. The van der Waals surface area contributed by atoms with Gasteiger partial charge in [0.15, 0.2) is 0 Å². The van der Waals surface area contributed by atoms with Gasteiger partial charge in [0.25, 0.3) is 0 Å². The van der Waals surface area contributed by atoms with Gasteiger partial charge >= 0.3 is 5.69 Å². The molecule has 2 bridgehead atoms. The Morgan fingerprint density at radius 2 is 1.96 bits per heavy atom. The number of carbonyl (C=O) groups excluding carboxylic acids is 1. The molecule has 6 rings (SSSR count). The molecule has 6 nitrogen and oxygen atoms in total. The minimum atomic E-state index is -0.0794. The van der Waals surface area contributed by atoms with Crippen LogP contribution in [0.5, 0.6) is 0 Å². The normalized spacial score (nSPS) is 33.7. The maximum Gasteiger partial charge on any atom is 0.343 e. The maximum absolute atomic E-state index is 12.8. The molecule has 0 atom stereocenters. The molecular weight excluding hydrogens is 312 g/mol. The van der Waals surface area contributed by atoms with Gasteiger partial charge in [0.1, 0.15) is 5.82 Å². The van der Waals surface area contributed by atoms with Crippen molar-refractivity contribution in [3.8, 4) is 0 Å². The minimum Gasteiger partial charge on any atom is -0.342 e. The van der Waals surface area contributed by atoms with Crippen molar-refractivity contribution in [2.24, 2.45) is 5.41 Å². The van der Waals surface area contributed by atoms with Gasteiger partial charge in [-0.05, 0) is 38.5 Å². The third-order valence-corrected chi connectivity index (χ3v) is 7.53. The molecule has 5 aliphatic rings. The van der Waals surface area contributed by atoms with E-state index in [-0.39, 0.29) is 17.1 Å². The number of amides is 1. The number of piperidine rings is 1. The first-order valence-corrected chi connectivity index (χ1v) is 9.79. The predicted molar refractivity (Wildman–Crippen MR) is 87.6 cm³/mol. The van der Waals surface area contributed by atoms with Crippen molar-refractivity contribution in [1.82, 2.24) is 19.7 Å². The highest BCUT2D eigenvalue weighted by molar-refractivity contribution is 8.00. The lowest BCUT2D eigenvalue weighted by molar-refractivity contribution is -0.145. The van der Waals surface area contributed by atoms with Gasteiger partial charge in [-0.2, -0.15) is 16.9 Å². The topological polar surface area (TPSA) is 71.0 Å². The molecule has 23 heavy (non-hydrogen) atoms. The standard InChI is InChI=1S/C16H22N4O2S/c21-14(16-7-12(8-16)23-9-16)19-5-3-11(4-6-19)20-15(22)17-13(18-20)10-1-2-10/h10-12H,1-9H2,(H,17,18,22). The lowest BCUT2D eigenvalue weighted by Crippen LogP contribution is -2.51. The fourth-order valence-electron chi connectivity index (χ4n) is 4.35. The van der Waals surface area contributed by atoms with Crippen LogP contribution in [0.15, 0.2) is 4.79 Å². The van der Waals surface area contributed by atoms with Crippen molar-refractivity contribution in [1.29, 1.82) is 0 Å². The van der Waals surface area contributed by atoms with E-state index in [9.17, 15) is 9.59 Å². The monoisotopic (exact) mass is 334 g/mol. The van der Waals surface area contributed by atoms with Crippen molar-refractivity contribution in [2.75, 3.05) is 18.8 Å². The van der Waals surface area contributed by atoms with Crippen LogP contribution in [0, 0.1) is 5.41 Å². The Kier molecular flexibility index (Phi) is 3.00. The highest BCUT2D eigenvalue weighted by Crippen LogP contribution is 2.58. The van der Waals surface area contributed by atoms with Gasteiger partial charge in [-0.25, -0.2) is 9.48 Å². The van der Waals surface area contributed by atoms with E-state index in [1.165, 1.54) is 0 Å². The molecule has 0 spiro atoms. The van der Waals surface area contributed by atoms with Crippen LogP contribution in [0.1, 0.15) is 56.3 Å². The zero-order chi connectivity index (χ0) is 15.6. The number of aromatic nitrogens is 3. The molecule has 124 valence electrons. The average Bonchev–Trinajstić information content (AvgIpc) is 3.00. The summed E-state index contributed by atoms with van der Waals surface area (Å²) in [7, 11) is 0. The average molecular weight is 334 g/mol. The van der Waals surface area contributed by atoms with Gasteiger partial charge in [0.05, 0.1) is 11.5 Å². The molecule has 3 saturated heterocycles. The van der Waals surface area contributed by atoms with Crippen molar-refractivity contribution < 1.29 is 4.79 Å². The van der Waals surface area contributed by atoms with E-state index < -0.39 is 0 Å². The number of nitrogens with zero attached hydrogens (tertiary/aromatic N) is 3. The van der Waals surface area contributed by atoms with Gasteiger partial charge in [0.2, 0.25) is 5.91 Å². The fraction of sp³-hybridized carbons (Fsp3) is 0.812. The molecule has 1 amide bonds. The van der Waals surface area contributed by atoms with Crippen LogP contribution in [0.3, 0.4) is 0 Å². The second-order valence-corrected chi connectivity index (χ2v) is 8.97. The zero-order valence-electron chi connectivity index (χ0n) is 13.2. The van der Waals surface area contributed by atoms with Crippen molar-refractivity contribution in [3.63, 3.8) is 0 Å². The third kappa shape index (κ3) is 2.19. The van der Waals surface area contributed by atoms with Crippen molar-refractivity contribution in [2.45, 2.75) is 55.7 Å². The molecule has 2 saturated carbocycles. The second kappa shape index (κ2) is 4.88. The van der Waals surface area contributed by atoms with E-state index in [4.69, 9.17) is 0 Å². The fourth-order valence-corrected chi connectivity index (χ4v) is 6.14. The van der Waals surface area contributed by atoms with Gasteiger partial charge in [-0.1, -0.05) is 0 Å². The molecule has 4 heterocycles. The highest BCUT2D eigenvalue weighted by atomic mass is 32.2. The molecule has 3 aliphatic heterocycles. The van der Waals surface area contributed by atoms with Gasteiger partial charge in [0, 0.05) is 30.0 Å². The van der Waals surface area contributed by atoms with E-state index in [1.54, 1.807) is 4.68 Å². The number of likely N-dealkylation sites (tertiary alicyclic amines) is 1. The number of thioether (sulfide) groups is 1. The van der Waals surface area contributed by atoms with Crippen LogP contribution in [-0.2, 0) is 4.79 Å². The van der Waals surface area contributed by atoms with E-state index in [2.05, 4.69) is 10.1 Å². The highest BCUT2D eigenvalue weighted by Gasteiger charge is 2.57. The Bertz CT molecular complexity index is 688. The smallest absolute Gasteiger partial charge is 0.342 e. The molecular formula is C16H22N4O2S. The zero-order valence-corrected chi connectivity index (χ0v) is 14.0. The Labute approximate surface area is 139 Å². The number of hydrogen-bond donors (Lipinski definition) is 1. The summed E-state index contributed by atoms with van der Waals surface area (Å²) in [5.74, 6) is 2.71. The Balaban J connectivity index is 1.25. The first-order valence-electron chi connectivity index (χ1n) is 8.74. The molecule has 0 radical (unpaired) electrons. The molecule has 7 heteroatoms. The van der Waals surface area contributed by atoms with E-state index in [1.807, 2.05) is 16.7 Å². The van der Waals surface area contributed by atoms with Crippen LogP contribution in [0.25, 0.3) is 0 Å². The van der Waals surface area contributed by atoms with Crippen molar-refractivity contribution >= 4 is 17.7 Å². The Morgan fingerprint density at radius 3 is 2.57 bits per heavy atom. The van der Waals surface area contributed by atoms with Gasteiger partial charge < -0.3 is 4.90 Å². The number of nitrogens with one attached hydrogen (secondary N) is 1. The molecule has 0 aromatic carbocycles. The van der Waals surface area contributed by atoms with Crippen LogP contribution in [0.2, 0.25) is 0 Å². The summed E-state index contributed by atoms with van der Waals surface area (Å²) >= 11 is 1.97. The molecule has 5 fully saturated rings. The second-order valence-electron chi connectivity index (χ2n) is 7.68. The molecule has 1 N–H and O–H groups in total. The van der Waals surface area contributed by atoms with E-state index in [0.29, 0.717) is 11.8 Å². The third-order valence-electron chi connectivity index (χ3n) is 6.01. The molecule has 0 unspecified atom stereocenters. The Hall–Kier alpha value is -1.24. The maximum atomic E-state index is 12.8. The van der Waals surface area contributed by atoms with Crippen LogP contribution >= 0.6 is 11.8 Å². The van der Waals surface area contributed by atoms with Gasteiger partial charge in [-0.15, -0.1) is 0 Å². The van der Waals surface area contributed by atoms with Crippen LogP contribution < -0.4 is 5.69 Å². The summed E-state index contributed by atoms with van der Waals surface area (Å²) in [6.07, 6.45) is 6.13. The number of aromatic amines is 1. The molecule has 1 aromatic rings. The lowest BCUT2D eigenvalue weighted by Gasteiger charge is -2.42. The number of hydrogen-bond acceptors (Lipinski definition) is 4. The number of fused-ring (bicyclic) bond motifs is 1. The summed E-state index contributed by atoms with van der Waals surface area (Å²) in [6, 6.07) is 0.139. The first-order chi connectivity index (χ1) is 11.1. The SMILES string of the molecule is O=C(N1CCC(n2nc(C3CC3)[nH]c2=O)CC1)C12CSC(C1)C2. The number of rotatable bonds is 3. The minimum absolute atomic E-state index is 0.0372. The van der Waals surface area contributed by atoms with Crippen LogP contribution in [-0.4, -0.2) is 49.7 Å². The summed E-state index contributed by atoms with van der Waals surface area (Å²) in [6.45, 7) is 1.53. The van der Waals surface area contributed by atoms with Crippen LogP contribution in [0.4, 0.5) is 0 Å². The quantitative estimate of drug-likeness (QED) is 0.909. The summed E-state index contributed by atoms with van der Waals surface area (Å²) in [5.41, 5.74) is -0.117.